The Bertz CT molecular complexity index is 2640. The van der Waals surface area contributed by atoms with E-state index in [0.29, 0.717) is 38.6 Å². The van der Waals surface area contributed by atoms with E-state index in [0.717, 1.165) is 72.0 Å². The van der Waals surface area contributed by atoms with Crippen LogP contribution in [0, 0.1) is 0 Å². The van der Waals surface area contributed by atoms with Crippen LogP contribution in [0.3, 0.4) is 0 Å². The van der Waals surface area contributed by atoms with Crippen molar-refractivity contribution in [1.82, 2.24) is 33.6 Å². The van der Waals surface area contributed by atoms with Gasteiger partial charge in [-0.05, 0) is 112 Å². The lowest BCUT2D eigenvalue weighted by molar-refractivity contribution is -0.129. The lowest BCUT2D eigenvalue weighted by atomic mass is 9.95. The Kier molecular flexibility index (Phi) is 17.7. The first-order chi connectivity index (χ1) is 33.5. The molecule has 22 nitrogen and oxygen atoms in total. The van der Waals surface area contributed by atoms with Crippen LogP contribution in [0.1, 0.15) is 117 Å². The molecule has 2 atom stereocenters. The van der Waals surface area contributed by atoms with E-state index in [1.807, 2.05) is 87.1 Å². The zero-order valence-electron chi connectivity index (χ0n) is 41.8. The van der Waals surface area contributed by atoms with Crippen LogP contribution in [0.25, 0.3) is 11.3 Å². The predicted molar refractivity (Wildman–Crippen MR) is 263 cm³/mol. The summed E-state index contributed by atoms with van der Waals surface area (Å²) in [4.78, 5) is 75.4. The van der Waals surface area contributed by atoms with Crippen LogP contribution in [0.4, 0.5) is 19.5 Å². The first-order valence-electron chi connectivity index (χ1n) is 23.4. The second-order valence-electron chi connectivity index (χ2n) is 19.9. The number of piperidine rings is 2. The van der Waals surface area contributed by atoms with Crippen molar-refractivity contribution in [3.63, 3.8) is 0 Å². The van der Waals surface area contributed by atoms with Gasteiger partial charge in [0.1, 0.15) is 65.1 Å². The Morgan fingerprint density at radius 1 is 0.704 bits per heavy atom. The van der Waals surface area contributed by atoms with Gasteiger partial charge in [0, 0.05) is 55.8 Å². The van der Waals surface area contributed by atoms with Crippen LogP contribution in [0.5, 0.6) is 11.5 Å². The number of nitrogens with zero attached hydrogens (tertiary/aromatic N) is 8. The highest BCUT2D eigenvalue weighted by molar-refractivity contribution is 7.14. The van der Waals surface area contributed by atoms with Gasteiger partial charge >= 0.3 is 24.2 Å². The van der Waals surface area contributed by atoms with Gasteiger partial charge in [0.25, 0.3) is 0 Å². The number of aromatic nitrogens is 5. The Morgan fingerprint density at radius 2 is 1.20 bits per heavy atom. The smallest absolute Gasteiger partial charge is 0.413 e. The molecule has 2 unspecified atom stereocenters. The number of carbonyl (C=O) groups is 4. The number of ether oxygens (including phenoxy) is 5. The molecular weight excluding hydrogens is 941 g/mol. The number of likely N-dealkylation sites (tertiary alicyclic amines) is 2. The van der Waals surface area contributed by atoms with Crippen molar-refractivity contribution >= 4 is 57.7 Å². The van der Waals surface area contributed by atoms with Crippen LogP contribution in [0.15, 0.2) is 59.6 Å². The highest BCUT2D eigenvalue weighted by Crippen LogP contribution is 2.30. The van der Waals surface area contributed by atoms with Crippen LogP contribution >= 0.6 is 11.3 Å². The van der Waals surface area contributed by atoms with Crippen LogP contribution < -0.4 is 20.7 Å². The van der Waals surface area contributed by atoms with E-state index in [4.69, 9.17) is 44.4 Å². The number of aliphatic carboxylic acids is 1. The number of rotatable bonds is 14. The van der Waals surface area contributed by atoms with E-state index >= 15 is 0 Å². The molecule has 0 radical (unpaired) electrons. The molecule has 0 aromatic carbocycles. The van der Waals surface area contributed by atoms with E-state index in [1.165, 1.54) is 5.38 Å². The van der Waals surface area contributed by atoms with E-state index in [9.17, 15) is 24.3 Å². The minimum atomic E-state index is -1.34. The van der Waals surface area contributed by atoms with E-state index in [1.54, 1.807) is 42.8 Å². The van der Waals surface area contributed by atoms with E-state index < -0.39 is 34.6 Å². The van der Waals surface area contributed by atoms with Gasteiger partial charge in [0.05, 0.1) is 23.8 Å². The number of oxime groups is 1. The minimum Gasteiger partial charge on any atom is -0.490 e. The van der Waals surface area contributed by atoms with Gasteiger partial charge in [-0.25, -0.2) is 40.0 Å². The molecule has 0 saturated carbocycles. The maximum absolute atomic E-state index is 12.6. The molecule has 0 bridgehead atoms. The molecule has 2 saturated heterocycles. The Labute approximate surface area is 416 Å². The maximum atomic E-state index is 12.6. The number of nitrogens with one attached hydrogen (secondary N) is 1. The summed E-state index contributed by atoms with van der Waals surface area (Å²) >= 11 is 1.03. The van der Waals surface area contributed by atoms with Crippen LogP contribution in [-0.4, -0.2) is 138 Å². The molecule has 4 N–H and O–H groups in total. The number of amides is 3. The molecular formula is C48H66N10O12S. The second-order valence-corrected chi connectivity index (χ2v) is 20.8. The summed E-state index contributed by atoms with van der Waals surface area (Å²) in [6.07, 6.45) is 10.1. The molecule has 0 aliphatic carbocycles. The summed E-state index contributed by atoms with van der Waals surface area (Å²) in [5, 5.41) is 17.3. The van der Waals surface area contributed by atoms with Crippen molar-refractivity contribution in [2.24, 2.45) is 11.1 Å². The highest BCUT2D eigenvalue weighted by Gasteiger charge is 2.31. The van der Waals surface area contributed by atoms with Crippen LogP contribution in [0.2, 0.25) is 0 Å². The van der Waals surface area contributed by atoms with Gasteiger partial charge in [-0.15, -0.1) is 11.3 Å². The van der Waals surface area contributed by atoms with Crippen molar-refractivity contribution in [3.05, 3.63) is 71.5 Å². The standard InChI is InChI=1S/C29H38N6O8S.C19H28N4O4/c1-28(2,3)42-26(38)32-25-31-21(17-44-25)23(24(36)37)33-41-13-12-40-19-9-10-22-30-20(16-35(22)15-19)18-8-7-11-34(14-18)27(39)43-29(4,5)6;1-19(2,3)27-18(24)22-8-4-5-14(11-22)16-13-23-12-15(25-9-10-26-20)6-7-17(23)21-16/h9-10,15-18H,7-8,11-14H2,1-6H3,(H,36,37)(H,31,32,38);6-7,12-14H,4-5,8-11,20H2,1-3H3/b33-23-;. The third-order valence-electron chi connectivity index (χ3n) is 10.5. The summed E-state index contributed by atoms with van der Waals surface area (Å²) in [5.41, 5.74) is 1.35. The molecule has 5 aromatic rings. The molecule has 5 aromatic heterocycles. The lowest BCUT2D eigenvalue weighted by Crippen LogP contribution is -2.42. The minimum absolute atomic E-state index is 0.0281. The highest BCUT2D eigenvalue weighted by atomic mass is 32.1. The SMILES string of the molecule is CC(C)(C)OC(=O)N1CCCC(c2cn3cc(OCCON)ccc3n2)C1.CC(C)(C)OC(=O)Nc1nc(/C(=N/OCCOc2ccc3nc(C4CCCN(C(=O)OC(C)(C)C)C4)cn3c2)C(=O)O)cs1. The molecule has 7 rings (SSSR count). The number of anilines is 1. The zero-order valence-corrected chi connectivity index (χ0v) is 42.7. The predicted octanol–water partition coefficient (Wildman–Crippen LogP) is 7.85. The largest absolute Gasteiger partial charge is 0.490 e. The van der Waals surface area contributed by atoms with Crippen molar-refractivity contribution in [2.75, 3.05) is 57.9 Å². The Balaban J connectivity index is 0.000000261. The molecule has 2 aliphatic rings. The first kappa shape index (κ1) is 53.6. The fourth-order valence-electron chi connectivity index (χ4n) is 7.51. The monoisotopic (exact) mass is 1010 g/mol. The quantitative estimate of drug-likeness (QED) is 0.0414. The van der Waals surface area contributed by atoms with Crippen molar-refractivity contribution in [2.45, 2.75) is 117 Å². The van der Waals surface area contributed by atoms with E-state index in [2.05, 4.69) is 20.3 Å². The second kappa shape index (κ2) is 23.5. The first-order valence-corrected chi connectivity index (χ1v) is 24.3. The number of hydrogen-bond acceptors (Lipinski definition) is 17. The molecule has 3 amide bonds. The Hall–Kier alpha value is -6.72. The fraction of sp³-hybridized carbons (Fsp3) is 0.542. The van der Waals surface area contributed by atoms with Crippen LogP contribution in [-0.2, 0) is 28.7 Å². The molecule has 386 valence electrons. The maximum Gasteiger partial charge on any atom is 0.413 e. The van der Waals surface area contributed by atoms with Gasteiger partial charge in [-0.3, -0.25) is 5.32 Å². The third kappa shape index (κ3) is 16.4. The van der Waals surface area contributed by atoms with Gasteiger partial charge in [-0.2, -0.15) is 0 Å². The average molecular weight is 1010 g/mol. The number of hydrogen-bond donors (Lipinski definition) is 3. The number of pyridine rings is 2. The molecule has 2 aliphatic heterocycles. The molecule has 71 heavy (non-hydrogen) atoms. The fourth-order valence-corrected chi connectivity index (χ4v) is 8.19. The number of carbonyl (C=O) groups excluding carboxylic acids is 3. The number of thiazole rings is 1. The summed E-state index contributed by atoms with van der Waals surface area (Å²) in [7, 11) is 0. The molecule has 23 heteroatoms. The average Bonchev–Trinajstić information content (AvgIpc) is 4.05. The third-order valence-corrected chi connectivity index (χ3v) is 11.3. The summed E-state index contributed by atoms with van der Waals surface area (Å²) in [6, 6.07) is 7.40. The zero-order chi connectivity index (χ0) is 51.5. The van der Waals surface area contributed by atoms with Crippen molar-refractivity contribution in [1.29, 1.82) is 0 Å². The van der Waals surface area contributed by atoms with Crippen molar-refractivity contribution < 1.29 is 57.6 Å². The number of carboxylic acids is 1. The van der Waals surface area contributed by atoms with Crippen molar-refractivity contribution in [3.8, 4) is 11.5 Å². The summed E-state index contributed by atoms with van der Waals surface area (Å²) in [6.45, 7) is 19.7. The lowest BCUT2D eigenvalue weighted by Gasteiger charge is -2.33. The summed E-state index contributed by atoms with van der Waals surface area (Å²) in [5.74, 6) is 5.24. The van der Waals surface area contributed by atoms with Gasteiger partial charge in [0.2, 0.25) is 5.71 Å². The molecule has 7 heterocycles. The molecule has 0 spiro atoms. The van der Waals surface area contributed by atoms with E-state index in [-0.39, 0.29) is 48.1 Å². The van der Waals surface area contributed by atoms with Gasteiger partial charge in [0.15, 0.2) is 11.7 Å². The summed E-state index contributed by atoms with van der Waals surface area (Å²) < 4.78 is 31.4. The number of fused-ring (bicyclic) bond motifs is 2. The van der Waals surface area contributed by atoms with Gasteiger partial charge in [-0.1, -0.05) is 5.16 Å². The Morgan fingerprint density at radius 3 is 1.66 bits per heavy atom. The number of imidazole rings is 2. The van der Waals surface area contributed by atoms with Gasteiger partial charge < -0.3 is 57.1 Å². The molecule has 2 fully saturated rings. The number of nitrogens with two attached hydrogens (primary N) is 1. The normalized spacial score (nSPS) is 16.7. The number of carboxylic acid groups (broad SMARTS) is 1. The topological polar surface area (TPSA) is 258 Å².